The molecular formula is C17H25NO3. The van der Waals surface area contributed by atoms with Crippen LogP contribution in [0.15, 0.2) is 0 Å². The van der Waals surface area contributed by atoms with Crippen molar-refractivity contribution in [2.75, 3.05) is 13.1 Å². The van der Waals surface area contributed by atoms with Crippen molar-refractivity contribution in [3.63, 3.8) is 0 Å². The Morgan fingerprint density at radius 1 is 1.00 bits per heavy atom. The van der Waals surface area contributed by atoms with Crippen molar-refractivity contribution in [2.24, 2.45) is 35.5 Å². The van der Waals surface area contributed by atoms with E-state index in [0.29, 0.717) is 17.7 Å². The average Bonchev–Trinajstić information content (AvgIpc) is 2.92. The van der Waals surface area contributed by atoms with Gasteiger partial charge in [0.05, 0.1) is 0 Å². The number of carbonyl (C=O) groups is 2. The maximum atomic E-state index is 12.7. The molecule has 1 heterocycles. The minimum Gasteiger partial charge on any atom is -0.481 e. The van der Waals surface area contributed by atoms with Crippen LogP contribution in [0.3, 0.4) is 0 Å². The molecule has 116 valence electrons. The number of amides is 1. The zero-order chi connectivity index (χ0) is 14.6. The van der Waals surface area contributed by atoms with Crippen molar-refractivity contribution in [1.82, 2.24) is 4.90 Å². The van der Waals surface area contributed by atoms with Gasteiger partial charge in [0.1, 0.15) is 0 Å². The molecule has 2 bridgehead atoms. The van der Waals surface area contributed by atoms with Crippen LogP contribution in [0.4, 0.5) is 0 Å². The molecule has 4 nitrogen and oxygen atoms in total. The van der Waals surface area contributed by atoms with Crippen LogP contribution in [0.1, 0.15) is 44.9 Å². The number of carboxylic acid groups (broad SMARTS) is 1. The molecular weight excluding hydrogens is 266 g/mol. The molecule has 4 heteroatoms. The molecule has 4 fully saturated rings. The van der Waals surface area contributed by atoms with Crippen molar-refractivity contribution in [2.45, 2.75) is 44.9 Å². The van der Waals surface area contributed by atoms with E-state index in [0.717, 1.165) is 56.0 Å². The standard InChI is InChI=1S/C17H25NO3/c19-13(20)4-1-10-5-7-18(8-6-10)17(21)16-14-11-2-3-12(9-11)15(14)16/h10-12,14-16H,1-9H2,(H,19,20). The summed E-state index contributed by atoms with van der Waals surface area (Å²) in [6.07, 6.45) is 7.17. The summed E-state index contributed by atoms with van der Waals surface area (Å²) < 4.78 is 0. The lowest BCUT2D eigenvalue weighted by Crippen LogP contribution is -2.40. The van der Waals surface area contributed by atoms with Crippen molar-refractivity contribution in [3.05, 3.63) is 0 Å². The number of hydrogen-bond acceptors (Lipinski definition) is 2. The van der Waals surface area contributed by atoms with E-state index < -0.39 is 5.97 Å². The van der Waals surface area contributed by atoms with Crippen LogP contribution in [0, 0.1) is 35.5 Å². The lowest BCUT2D eigenvalue weighted by molar-refractivity contribution is -0.138. The number of piperidine rings is 1. The van der Waals surface area contributed by atoms with Crippen LogP contribution in [0.2, 0.25) is 0 Å². The molecule has 1 amide bonds. The summed E-state index contributed by atoms with van der Waals surface area (Å²) in [5.41, 5.74) is 0. The molecule has 4 atom stereocenters. The Labute approximate surface area is 125 Å². The number of hydrogen-bond donors (Lipinski definition) is 1. The second kappa shape index (κ2) is 4.99. The van der Waals surface area contributed by atoms with Crippen LogP contribution in [-0.2, 0) is 9.59 Å². The Morgan fingerprint density at radius 3 is 2.19 bits per heavy atom. The highest BCUT2D eigenvalue weighted by Crippen LogP contribution is 2.69. The largest absolute Gasteiger partial charge is 0.481 e. The van der Waals surface area contributed by atoms with Crippen LogP contribution < -0.4 is 0 Å². The van der Waals surface area contributed by atoms with E-state index in [-0.39, 0.29) is 6.42 Å². The van der Waals surface area contributed by atoms with Crippen molar-refractivity contribution < 1.29 is 14.7 Å². The molecule has 3 saturated carbocycles. The lowest BCUT2D eigenvalue weighted by atomic mass is 9.91. The summed E-state index contributed by atoms with van der Waals surface area (Å²) in [5, 5.41) is 8.75. The van der Waals surface area contributed by atoms with E-state index >= 15 is 0 Å². The van der Waals surface area contributed by atoms with Gasteiger partial charge in [-0.2, -0.15) is 0 Å². The first-order valence-electron chi connectivity index (χ1n) is 8.65. The monoisotopic (exact) mass is 291 g/mol. The van der Waals surface area contributed by atoms with Gasteiger partial charge in [-0.15, -0.1) is 0 Å². The van der Waals surface area contributed by atoms with E-state index in [1.165, 1.54) is 19.3 Å². The number of rotatable bonds is 4. The third-order valence-corrected chi connectivity index (χ3v) is 6.71. The van der Waals surface area contributed by atoms with Crippen molar-refractivity contribution in [3.8, 4) is 0 Å². The Balaban J connectivity index is 1.27. The second-order valence-corrected chi connectivity index (χ2v) is 7.71. The predicted octanol–water partition coefficient (Wildman–Crippen LogP) is 2.38. The first-order chi connectivity index (χ1) is 10.1. The van der Waals surface area contributed by atoms with Gasteiger partial charge < -0.3 is 10.0 Å². The summed E-state index contributed by atoms with van der Waals surface area (Å²) in [7, 11) is 0. The summed E-state index contributed by atoms with van der Waals surface area (Å²) in [5.74, 6) is 3.80. The molecule has 1 N–H and O–H groups in total. The average molecular weight is 291 g/mol. The normalized spacial score (nSPS) is 41.1. The molecule has 4 rings (SSSR count). The van der Waals surface area contributed by atoms with E-state index in [4.69, 9.17) is 5.11 Å². The van der Waals surface area contributed by atoms with Gasteiger partial charge in [0.25, 0.3) is 0 Å². The van der Waals surface area contributed by atoms with E-state index in [9.17, 15) is 9.59 Å². The van der Waals surface area contributed by atoms with Gasteiger partial charge in [0.15, 0.2) is 0 Å². The fraction of sp³-hybridized carbons (Fsp3) is 0.882. The quantitative estimate of drug-likeness (QED) is 0.865. The van der Waals surface area contributed by atoms with Gasteiger partial charge in [-0.05, 0) is 68.1 Å². The van der Waals surface area contributed by atoms with Gasteiger partial charge in [0, 0.05) is 25.4 Å². The Morgan fingerprint density at radius 2 is 1.62 bits per heavy atom. The molecule has 0 aromatic rings. The van der Waals surface area contributed by atoms with Crippen LogP contribution in [0.5, 0.6) is 0 Å². The predicted molar refractivity (Wildman–Crippen MR) is 77.5 cm³/mol. The fourth-order valence-electron chi connectivity index (χ4n) is 5.64. The van der Waals surface area contributed by atoms with Crippen molar-refractivity contribution in [1.29, 1.82) is 0 Å². The van der Waals surface area contributed by atoms with Crippen LogP contribution in [0.25, 0.3) is 0 Å². The fourth-order valence-corrected chi connectivity index (χ4v) is 5.64. The highest BCUT2D eigenvalue weighted by atomic mass is 16.4. The molecule has 1 saturated heterocycles. The molecule has 3 aliphatic carbocycles. The third kappa shape index (κ3) is 2.27. The van der Waals surface area contributed by atoms with Crippen LogP contribution >= 0.6 is 0 Å². The first kappa shape index (κ1) is 13.6. The number of fused-ring (bicyclic) bond motifs is 5. The molecule has 0 aromatic carbocycles. The van der Waals surface area contributed by atoms with Gasteiger partial charge in [-0.3, -0.25) is 9.59 Å². The summed E-state index contributed by atoms with van der Waals surface area (Å²) in [6.45, 7) is 1.71. The number of carbonyl (C=O) groups excluding carboxylic acids is 1. The maximum absolute atomic E-state index is 12.7. The van der Waals surface area contributed by atoms with E-state index in [2.05, 4.69) is 4.90 Å². The van der Waals surface area contributed by atoms with Crippen LogP contribution in [-0.4, -0.2) is 35.0 Å². The Bertz CT molecular complexity index is 439. The molecule has 21 heavy (non-hydrogen) atoms. The summed E-state index contributed by atoms with van der Waals surface area (Å²) >= 11 is 0. The molecule has 0 radical (unpaired) electrons. The van der Waals surface area contributed by atoms with Crippen molar-refractivity contribution >= 4 is 11.9 Å². The summed E-state index contributed by atoms with van der Waals surface area (Å²) in [4.78, 5) is 25.4. The number of carboxylic acids is 1. The maximum Gasteiger partial charge on any atom is 0.303 e. The molecule has 4 unspecified atom stereocenters. The summed E-state index contributed by atoms with van der Waals surface area (Å²) in [6, 6.07) is 0. The zero-order valence-corrected chi connectivity index (χ0v) is 12.5. The second-order valence-electron chi connectivity index (χ2n) is 7.71. The topological polar surface area (TPSA) is 57.6 Å². The molecule has 4 aliphatic rings. The molecule has 1 aliphatic heterocycles. The van der Waals surface area contributed by atoms with E-state index in [1.807, 2.05) is 0 Å². The zero-order valence-electron chi connectivity index (χ0n) is 12.5. The van der Waals surface area contributed by atoms with Gasteiger partial charge in [0.2, 0.25) is 5.91 Å². The Kier molecular flexibility index (Phi) is 3.23. The molecule has 0 aromatic heterocycles. The van der Waals surface area contributed by atoms with Gasteiger partial charge in [-0.25, -0.2) is 0 Å². The number of aliphatic carboxylic acids is 1. The smallest absolute Gasteiger partial charge is 0.303 e. The van der Waals surface area contributed by atoms with E-state index in [1.54, 1.807) is 0 Å². The third-order valence-electron chi connectivity index (χ3n) is 6.71. The SMILES string of the molecule is O=C(O)CCC1CCN(C(=O)C2C3C4CCC(C4)C23)CC1. The first-order valence-corrected chi connectivity index (χ1v) is 8.65. The number of nitrogens with zero attached hydrogens (tertiary/aromatic N) is 1. The van der Waals surface area contributed by atoms with Gasteiger partial charge in [-0.1, -0.05) is 0 Å². The molecule has 0 spiro atoms. The Hall–Kier alpha value is -1.06. The lowest BCUT2D eigenvalue weighted by Gasteiger charge is -2.32. The minimum atomic E-state index is -0.699. The van der Waals surface area contributed by atoms with Gasteiger partial charge >= 0.3 is 5.97 Å². The minimum absolute atomic E-state index is 0.273. The highest BCUT2D eigenvalue weighted by Gasteiger charge is 2.67. The number of likely N-dealkylation sites (tertiary alicyclic amines) is 1. The highest BCUT2D eigenvalue weighted by molar-refractivity contribution is 5.83.